The van der Waals surface area contributed by atoms with Crippen molar-refractivity contribution in [2.24, 2.45) is 7.05 Å². The van der Waals surface area contributed by atoms with Crippen LogP contribution in [0, 0.1) is 6.92 Å². The predicted molar refractivity (Wildman–Crippen MR) is 97.7 cm³/mol. The van der Waals surface area contributed by atoms with E-state index in [1.54, 1.807) is 31.2 Å². The molecule has 9 heteroatoms. The SMILES string of the molecule is CC(=O)Nc1ccc(NS(=O)(=O)c2cc3c(cc2C)oc(=O)n3C)cc1. The number of oxazole rings is 1. The zero-order valence-electron chi connectivity index (χ0n) is 14.4. The van der Waals surface area contributed by atoms with Gasteiger partial charge in [0.2, 0.25) is 5.91 Å². The van der Waals surface area contributed by atoms with Crippen LogP contribution in [0.2, 0.25) is 0 Å². The first-order valence-electron chi connectivity index (χ1n) is 7.68. The number of aryl methyl sites for hydroxylation is 2. The number of carbonyl (C=O) groups excluding carboxylic acids is 1. The summed E-state index contributed by atoms with van der Waals surface area (Å²) in [6.07, 6.45) is 0. The number of nitrogens with one attached hydrogen (secondary N) is 2. The summed E-state index contributed by atoms with van der Waals surface area (Å²) in [5.41, 5.74) is 2.08. The summed E-state index contributed by atoms with van der Waals surface area (Å²) < 4.78 is 34.3. The minimum Gasteiger partial charge on any atom is -0.408 e. The quantitative estimate of drug-likeness (QED) is 0.726. The molecular weight excluding hydrogens is 358 g/mol. The zero-order valence-corrected chi connectivity index (χ0v) is 15.2. The van der Waals surface area contributed by atoms with Crippen molar-refractivity contribution < 1.29 is 17.6 Å². The molecule has 0 atom stereocenters. The fourth-order valence-electron chi connectivity index (χ4n) is 2.58. The van der Waals surface area contributed by atoms with Gasteiger partial charge in [-0.25, -0.2) is 13.2 Å². The number of sulfonamides is 1. The Morgan fingerprint density at radius 1 is 1.12 bits per heavy atom. The lowest BCUT2D eigenvalue weighted by Crippen LogP contribution is -2.15. The van der Waals surface area contributed by atoms with E-state index in [1.165, 1.54) is 30.7 Å². The molecule has 0 fully saturated rings. The third-order valence-electron chi connectivity index (χ3n) is 3.84. The largest absolute Gasteiger partial charge is 0.419 e. The number of nitrogens with zero attached hydrogens (tertiary/aromatic N) is 1. The highest BCUT2D eigenvalue weighted by molar-refractivity contribution is 7.92. The lowest BCUT2D eigenvalue weighted by Gasteiger charge is -2.11. The fraction of sp³-hybridized carbons (Fsp3) is 0.176. The van der Waals surface area contributed by atoms with E-state index in [2.05, 4.69) is 10.0 Å². The first-order valence-corrected chi connectivity index (χ1v) is 9.16. The van der Waals surface area contributed by atoms with Gasteiger partial charge in [-0.05, 0) is 48.9 Å². The maximum Gasteiger partial charge on any atom is 0.419 e. The molecule has 0 spiro atoms. The van der Waals surface area contributed by atoms with Crippen LogP contribution in [-0.4, -0.2) is 18.9 Å². The van der Waals surface area contributed by atoms with Crippen LogP contribution in [0.4, 0.5) is 11.4 Å². The molecule has 3 aromatic rings. The Hall–Kier alpha value is -3.07. The highest BCUT2D eigenvalue weighted by atomic mass is 32.2. The molecule has 0 aliphatic heterocycles. The highest BCUT2D eigenvalue weighted by Crippen LogP contribution is 2.25. The van der Waals surface area contributed by atoms with Gasteiger partial charge in [-0.3, -0.25) is 14.1 Å². The predicted octanol–water partition coefficient (Wildman–Crippen LogP) is 2.20. The average molecular weight is 375 g/mol. The van der Waals surface area contributed by atoms with Crippen LogP contribution in [0.1, 0.15) is 12.5 Å². The van der Waals surface area contributed by atoms with Crippen molar-refractivity contribution in [2.75, 3.05) is 10.0 Å². The summed E-state index contributed by atoms with van der Waals surface area (Å²) in [5.74, 6) is -0.775. The molecule has 2 aromatic carbocycles. The molecule has 1 aromatic heterocycles. The van der Waals surface area contributed by atoms with Crippen molar-refractivity contribution >= 4 is 38.4 Å². The maximum atomic E-state index is 12.7. The van der Waals surface area contributed by atoms with Gasteiger partial charge in [-0.15, -0.1) is 0 Å². The van der Waals surface area contributed by atoms with Gasteiger partial charge in [0.1, 0.15) is 0 Å². The normalized spacial score (nSPS) is 11.5. The molecule has 0 aliphatic rings. The van der Waals surface area contributed by atoms with Gasteiger partial charge in [-0.1, -0.05) is 0 Å². The Bertz CT molecular complexity index is 1160. The van der Waals surface area contributed by atoms with Gasteiger partial charge in [0, 0.05) is 25.3 Å². The molecule has 0 saturated carbocycles. The molecule has 3 rings (SSSR count). The van der Waals surface area contributed by atoms with Gasteiger partial charge in [-0.2, -0.15) is 0 Å². The van der Waals surface area contributed by atoms with Gasteiger partial charge >= 0.3 is 5.76 Å². The van der Waals surface area contributed by atoms with Crippen LogP contribution in [-0.2, 0) is 21.9 Å². The summed E-state index contributed by atoms with van der Waals surface area (Å²) >= 11 is 0. The number of hydrogen-bond acceptors (Lipinski definition) is 5. The van der Waals surface area contributed by atoms with E-state index in [0.29, 0.717) is 28.0 Å². The van der Waals surface area contributed by atoms with Crippen LogP contribution in [0.25, 0.3) is 11.1 Å². The molecule has 0 bridgehead atoms. The van der Waals surface area contributed by atoms with Crippen molar-refractivity contribution in [1.29, 1.82) is 0 Å². The van der Waals surface area contributed by atoms with Gasteiger partial charge in [0.05, 0.1) is 10.4 Å². The van der Waals surface area contributed by atoms with Crippen molar-refractivity contribution in [3.8, 4) is 0 Å². The summed E-state index contributed by atoms with van der Waals surface area (Å²) in [6.45, 7) is 3.01. The molecule has 2 N–H and O–H groups in total. The number of fused-ring (bicyclic) bond motifs is 1. The second kappa shape index (κ2) is 6.34. The Morgan fingerprint density at radius 2 is 1.73 bits per heavy atom. The molecule has 26 heavy (non-hydrogen) atoms. The first-order chi connectivity index (χ1) is 12.2. The Balaban J connectivity index is 1.96. The van der Waals surface area contributed by atoms with Crippen molar-refractivity contribution in [3.63, 3.8) is 0 Å². The van der Waals surface area contributed by atoms with Gasteiger partial charge in [0.15, 0.2) is 5.58 Å². The van der Waals surface area contributed by atoms with Crippen LogP contribution in [0.5, 0.6) is 0 Å². The molecule has 8 nitrogen and oxygen atoms in total. The molecule has 1 amide bonds. The lowest BCUT2D eigenvalue weighted by molar-refractivity contribution is -0.114. The monoisotopic (exact) mass is 375 g/mol. The van der Waals surface area contributed by atoms with Gasteiger partial charge < -0.3 is 9.73 Å². The Kier molecular flexibility index (Phi) is 4.33. The summed E-state index contributed by atoms with van der Waals surface area (Å²) in [7, 11) is -2.37. The minimum absolute atomic E-state index is 0.0485. The van der Waals surface area contributed by atoms with E-state index < -0.39 is 15.8 Å². The fourth-order valence-corrected chi connectivity index (χ4v) is 3.89. The first kappa shape index (κ1) is 17.7. The van der Waals surface area contributed by atoms with Crippen LogP contribution >= 0.6 is 0 Å². The van der Waals surface area contributed by atoms with E-state index >= 15 is 0 Å². The standard InChI is InChI=1S/C17H17N3O5S/c1-10-8-15-14(20(3)17(22)25-15)9-16(10)26(23,24)19-13-6-4-12(5-7-13)18-11(2)21/h4-9,19H,1-3H3,(H,18,21). The molecule has 0 aliphatic carbocycles. The lowest BCUT2D eigenvalue weighted by atomic mass is 10.2. The van der Waals surface area contributed by atoms with Crippen LogP contribution < -0.4 is 15.8 Å². The van der Waals surface area contributed by atoms with Crippen LogP contribution in [0.3, 0.4) is 0 Å². The Labute approximate surface area is 149 Å². The number of amides is 1. The van der Waals surface area contributed by atoms with E-state index in [-0.39, 0.29) is 10.8 Å². The third kappa shape index (κ3) is 3.33. The molecule has 1 heterocycles. The van der Waals surface area contributed by atoms with E-state index in [0.717, 1.165) is 0 Å². The van der Waals surface area contributed by atoms with E-state index in [1.807, 2.05) is 0 Å². The average Bonchev–Trinajstić information content (AvgIpc) is 2.81. The van der Waals surface area contributed by atoms with Crippen LogP contribution in [0.15, 0.2) is 50.5 Å². The minimum atomic E-state index is -3.87. The van der Waals surface area contributed by atoms with E-state index in [4.69, 9.17) is 4.42 Å². The topological polar surface area (TPSA) is 110 Å². The molecule has 0 saturated heterocycles. The van der Waals surface area contributed by atoms with Crippen molar-refractivity contribution in [2.45, 2.75) is 18.7 Å². The number of benzene rings is 2. The van der Waals surface area contributed by atoms with Crippen molar-refractivity contribution in [3.05, 3.63) is 52.5 Å². The highest BCUT2D eigenvalue weighted by Gasteiger charge is 2.20. The second-order valence-corrected chi connectivity index (χ2v) is 7.53. The third-order valence-corrected chi connectivity index (χ3v) is 5.36. The number of aromatic nitrogens is 1. The van der Waals surface area contributed by atoms with E-state index in [9.17, 15) is 18.0 Å². The molecule has 0 radical (unpaired) electrons. The van der Waals surface area contributed by atoms with Gasteiger partial charge in [0.25, 0.3) is 10.0 Å². The maximum absolute atomic E-state index is 12.7. The second-order valence-electron chi connectivity index (χ2n) is 5.88. The Morgan fingerprint density at radius 3 is 2.35 bits per heavy atom. The molecular formula is C17H17N3O5S. The van der Waals surface area contributed by atoms with Crippen molar-refractivity contribution in [1.82, 2.24) is 4.57 Å². The molecule has 136 valence electrons. The summed E-state index contributed by atoms with van der Waals surface area (Å²) in [4.78, 5) is 22.7. The summed E-state index contributed by atoms with van der Waals surface area (Å²) in [5, 5.41) is 2.61. The number of rotatable bonds is 4. The number of hydrogen-bond donors (Lipinski definition) is 2. The number of carbonyl (C=O) groups is 1. The molecule has 0 unspecified atom stereocenters. The zero-order chi connectivity index (χ0) is 19.1. The smallest absolute Gasteiger partial charge is 0.408 e. The summed E-state index contributed by atoms with van der Waals surface area (Å²) in [6, 6.07) is 9.20. The number of anilines is 2.